The Kier molecular flexibility index (Phi) is 4.98. The summed E-state index contributed by atoms with van der Waals surface area (Å²) in [6.07, 6.45) is 3.57. The van der Waals surface area contributed by atoms with Crippen LogP contribution in [0.1, 0.15) is 33.3 Å². The van der Waals surface area contributed by atoms with Crippen LogP contribution < -0.4 is 5.46 Å². The molecule has 5 nitrogen and oxygen atoms in total. The fourth-order valence-electron chi connectivity index (χ4n) is 2.65. The minimum absolute atomic E-state index is 0.352. The second-order valence-electron chi connectivity index (χ2n) is 7.29. The van der Waals surface area contributed by atoms with Crippen molar-refractivity contribution in [2.45, 2.75) is 38.9 Å². The zero-order chi connectivity index (χ0) is 17.2. The van der Waals surface area contributed by atoms with Crippen molar-refractivity contribution in [1.29, 1.82) is 0 Å². The number of morpholine rings is 1. The fourth-order valence-corrected chi connectivity index (χ4v) is 2.65. The van der Waals surface area contributed by atoms with Crippen molar-refractivity contribution in [1.82, 2.24) is 9.88 Å². The van der Waals surface area contributed by atoms with Gasteiger partial charge in [-0.3, -0.25) is 9.88 Å². The van der Waals surface area contributed by atoms with Gasteiger partial charge in [-0.25, -0.2) is 0 Å². The molecule has 0 radical (unpaired) electrons. The topological polar surface area (TPSA) is 43.8 Å². The number of hydrogen-bond acceptors (Lipinski definition) is 5. The molecule has 0 amide bonds. The maximum atomic E-state index is 6.07. The first-order valence-electron chi connectivity index (χ1n) is 8.47. The van der Waals surface area contributed by atoms with Crippen LogP contribution in [0.5, 0.6) is 0 Å². The first-order chi connectivity index (χ1) is 11.4. The van der Waals surface area contributed by atoms with Gasteiger partial charge in [0, 0.05) is 36.5 Å². The van der Waals surface area contributed by atoms with E-state index in [1.165, 1.54) is 0 Å². The molecule has 128 valence electrons. The molecule has 1 aromatic heterocycles. The summed E-state index contributed by atoms with van der Waals surface area (Å²) in [5.41, 5.74) is 1.09. The van der Waals surface area contributed by atoms with Crippen molar-refractivity contribution in [3.8, 4) is 11.8 Å². The molecule has 3 heterocycles. The van der Waals surface area contributed by atoms with Crippen molar-refractivity contribution in [2.75, 3.05) is 32.8 Å². The molecule has 0 atom stereocenters. The Balaban J connectivity index is 1.67. The van der Waals surface area contributed by atoms with Gasteiger partial charge in [-0.1, -0.05) is 11.8 Å². The minimum atomic E-state index is -0.400. The largest absolute Gasteiger partial charge is 0.496 e. The van der Waals surface area contributed by atoms with Crippen LogP contribution in [0.2, 0.25) is 0 Å². The van der Waals surface area contributed by atoms with Crippen LogP contribution in [-0.4, -0.2) is 61.1 Å². The van der Waals surface area contributed by atoms with E-state index in [0.29, 0.717) is 0 Å². The number of pyridine rings is 1. The van der Waals surface area contributed by atoms with E-state index in [2.05, 4.69) is 21.7 Å². The van der Waals surface area contributed by atoms with Crippen LogP contribution in [0, 0.1) is 11.8 Å². The summed E-state index contributed by atoms with van der Waals surface area (Å²) >= 11 is 0. The quantitative estimate of drug-likeness (QED) is 0.600. The van der Waals surface area contributed by atoms with Crippen LogP contribution in [0.15, 0.2) is 18.5 Å². The highest BCUT2D eigenvalue weighted by Gasteiger charge is 2.51. The van der Waals surface area contributed by atoms with E-state index in [9.17, 15) is 0 Å². The van der Waals surface area contributed by atoms with Gasteiger partial charge in [0.05, 0.1) is 31.0 Å². The molecule has 2 fully saturated rings. The van der Waals surface area contributed by atoms with Crippen molar-refractivity contribution >= 4 is 12.6 Å². The molecule has 1 aromatic rings. The van der Waals surface area contributed by atoms with E-state index >= 15 is 0 Å². The van der Waals surface area contributed by atoms with Gasteiger partial charge < -0.3 is 14.0 Å². The second kappa shape index (κ2) is 6.85. The predicted octanol–water partition coefficient (Wildman–Crippen LogP) is 1.06. The van der Waals surface area contributed by atoms with Gasteiger partial charge in [0.2, 0.25) is 0 Å². The third kappa shape index (κ3) is 3.81. The summed E-state index contributed by atoms with van der Waals surface area (Å²) in [6, 6.07) is 2.00. The Bertz CT molecular complexity index is 629. The number of hydrogen-bond donors (Lipinski definition) is 0. The number of nitrogens with zero attached hydrogens (tertiary/aromatic N) is 2. The van der Waals surface area contributed by atoms with Gasteiger partial charge in [-0.2, -0.15) is 0 Å². The van der Waals surface area contributed by atoms with E-state index in [-0.39, 0.29) is 11.2 Å². The van der Waals surface area contributed by atoms with Gasteiger partial charge in [0.1, 0.15) is 0 Å². The maximum absolute atomic E-state index is 6.07. The SMILES string of the molecule is CC1(C)OB(c2cncc(C#CCN3CCOCC3)c2)OC1(C)C. The Morgan fingerprint density at radius 3 is 2.46 bits per heavy atom. The molecule has 2 saturated heterocycles. The van der Waals surface area contributed by atoms with E-state index < -0.39 is 7.12 Å². The van der Waals surface area contributed by atoms with Crippen LogP contribution in [0.25, 0.3) is 0 Å². The van der Waals surface area contributed by atoms with Gasteiger partial charge >= 0.3 is 7.12 Å². The first-order valence-corrected chi connectivity index (χ1v) is 8.47. The molecule has 0 aliphatic carbocycles. The van der Waals surface area contributed by atoms with Crippen LogP contribution >= 0.6 is 0 Å². The Morgan fingerprint density at radius 1 is 1.12 bits per heavy atom. The lowest BCUT2D eigenvalue weighted by Crippen LogP contribution is -2.41. The van der Waals surface area contributed by atoms with Crippen molar-refractivity contribution in [3.63, 3.8) is 0 Å². The highest BCUT2D eigenvalue weighted by Crippen LogP contribution is 2.36. The monoisotopic (exact) mass is 328 g/mol. The average molecular weight is 328 g/mol. The van der Waals surface area contributed by atoms with Gasteiger partial charge in [-0.05, 0) is 33.8 Å². The molecule has 0 saturated carbocycles. The van der Waals surface area contributed by atoms with Gasteiger partial charge in [0.25, 0.3) is 0 Å². The summed E-state index contributed by atoms with van der Waals surface area (Å²) in [7, 11) is -0.400. The molecule has 6 heteroatoms. The van der Waals surface area contributed by atoms with Gasteiger partial charge in [0.15, 0.2) is 0 Å². The lowest BCUT2D eigenvalue weighted by atomic mass is 9.80. The Hall–Kier alpha value is -1.39. The Morgan fingerprint density at radius 2 is 1.79 bits per heavy atom. The number of rotatable bonds is 2. The smallest absolute Gasteiger partial charge is 0.399 e. The molecule has 0 bridgehead atoms. The van der Waals surface area contributed by atoms with Gasteiger partial charge in [-0.15, -0.1) is 0 Å². The molecule has 2 aliphatic rings. The normalized spacial score (nSPS) is 22.9. The average Bonchev–Trinajstić information content (AvgIpc) is 2.77. The zero-order valence-electron chi connectivity index (χ0n) is 15.0. The molecular formula is C18H25BN2O3. The van der Waals surface area contributed by atoms with Crippen molar-refractivity contribution in [2.24, 2.45) is 0 Å². The molecule has 24 heavy (non-hydrogen) atoms. The summed E-state index contributed by atoms with van der Waals surface area (Å²) in [6.45, 7) is 12.4. The molecule has 0 unspecified atom stereocenters. The first kappa shape index (κ1) is 17.4. The standard InChI is InChI=1S/C18H25BN2O3/c1-17(2)18(3,4)24-19(23-17)16-12-15(13-20-14-16)6-5-7-21-8-10-22-11-9-21/h12-14H,7-11H2,1-4H3. The molecule has 0 spiro atoms. The molecule has 2 aliphatic heterocycles. The van der Waals surface area contributed by atoms with Crippen LogP contribution in [0.3, 0.4) is 0 Å². The highest BCUT2D eigenvalue weighted by molar-refractivity contribution is 6.62. The summed E-state index contributed by atoms with van der Waals surface area (Å²) in [5.74, 6) is 6.41. The highest BCUT2D eigenvalue weighted by atomic mass is 16.7. The third-order valence-electron chi connectivity index (χ3n) is 4.92. The third-order valence-corrected chi connectivity index (χ3v) is 4.92. The summed E-state index contributed by atoms with van der Waals surface area (Å²) in [5, 5.41) is 0. The molecule has 0 N–H and O–H groups in total. The van der Waals surface area contributed by atoms with Crippen LogP contribution in [-0.2, 0) is 14.0 Å². The molecule has 3 rings (SSSR count). The van der Waals surface area contributed by atoms with Crippen molar-refractivity contribution in [3.05, 3.63) is 24.0 Å². The lowest BCUT2D eigenvalue weighted by molar-refractivity contribution is 0.00578. The van der Waals surface area contributed by atoms with E-state index in [1.807, 2.05) is 33.8 Å². The second-order valence-corrected chi connectivity index (χ2v) is 7.29. The predicted molar refractivity (Wildman–Crippen MR) is 94.1 cm³/mol. The maximum Gasteiger partial charge on any atom is 0.496 e. The van der Waals surface area contributed by atoms with E-state index in [4.69, 9.17) is 14.0 Å². The van der Waals surface area contributed by atoms with E-state index in [1.54, 1.807) is 12.4 Å². The summed E-state index contributed by atoms with van der Waals surface area (Å²) < 4.78 is 17.5. The van der Waals surface area contributed by atoms with E-state index in [0.717, 1.165) is 43.9 Å². The fraction of sp³-hybridized carbons (Fsp3) is 0.611. The van der Waals surface area contributed by atoms with Crippen LogP contribution in [0.4, 0.5) is 0 Å². The number of ether oxygens (including phenoxy) is 1. The zero-order valence-corrected chi connectivity index (χ0v) is 15.0. The minimum Gasteiger partial charge on any atom is -0.399 e. The number of aromatic nitrogens is 1. The summed E-state index contributed by atoms with van der Waals surface area (Å²) in [4.78, 5) is 6.59. The lowest BCUT2D eigenvalue weighted by Gasteiger charge is -2.32. The van der Waals surface area contributed by atoms with Crippen molar-refractivity contribution < 1.29 is 14.0 Å². The molecular weight excluding hydrogens is 303 g/mol. The Labute approximate surface area is 144 Å². The molecule has 0 aromatic carbocycles.